The summed E-state index contributed by atoms with van der Waals surface area (Å²) in [6, 6.07) is 24.8. The van der Waals surface area contributed by atoms with Gasteiger partial charge in [-0.1, -0.05) is 66.7 Å². The highest BCUT2D eigenvalue weighted by Crippen LogP contribution is 2.31. The van der Waals surface area contributed by atoms with Gasteiger partial charge >= 0.3 is 0 Å². The molecular weight excluding hydrogens is 374 g/mol. The molecule has 0 spiro atoms. The minimum absolute atomic E-state index is 0.581. The third-order valence-corrected chi connectivity index (χ3v) is 5.20. The number of ether oxygens (including phenoxy) is 2. The van der Waals surface area contributed by atoms with Crippen LogP contribution in [0, 0.1) is 0 Å². The van der Waals surface area contributed by atoms with E-state index in [4.69, 9.17) is 9.47 Å². The van der Waals surface area contributed by atoms with E-state index in [1.54, 1.807) is 14.2 Å². The molecule has 0 atom stereocenters. The van der Waals surface area contributed by atoms with Gasteiger partial charge in [0.1, 0.15) is 0 Å². The maximum Gasteiger partial charge on any atom is 0.203 e. The summed E-state index contributed by atoms with van der Waals surface area (Å²) < 4.78 is 13.0. The smallest absolute Gasteiger partial charge is 0.203 e. The van der Waals surface area contributed by atoms with Crippen LogP contribution in [-0.4, -0.2) is 23.8 Å². The van der Waals surface area contributed by atoms with Crippen molar-refractivity contribution in [1.29, 1.82) is 0 Å². The van der Waals surface area contributed by atoms with Gasteiger partial charge < -0.3 is 19.4 Å². The minimum atomic E-state index is 0.581. The zero-order valence-electron chi connectivity index (χ0n) is 17.4. The molecule has 4 aromatic rings. The van der Waals surface area contributed by atoms with Gasteiger partial charge in [-0.05, 0) is 22.8 Å². The molecule has 5 nitrogen and oxygen atoms in total. The molecule has 30 heavy (non-hydrogen) atoms. The summed E-state index contributed by atoms with van der Waals surface area (Å²) in [6.45, 7) is 0.581. The molecule has 0 bridgehead atoms. The Bertz CT molecular complexity index is 1120. The fourth-order valence-electron chi connectivity index (χ4n) is 3.57. The molecule has 0 saturated carbocycles. The van der Waals surface area contributed by atoms with E-state index < -0.39 is 0 Å². The van der Waals surface area contributed by atoms with Crippen LogP contribution in [0.5, 0.6) is 11.5 Å². The second kappa shape index (κ2) is 8.74. The lowest BCUT2D eigenvalue weighted by Crippen LogP contribution is -2.07. The van der Waals surface area contributed by atoms with Gasteiger partial charge in [-0.3, -0.25) is 0 Å². The summed E-state index contributed by atoms with van der Waals surface area (Å²) in [4.78, 5) is 4.57. The molecule has 0 fully saturated rings. The SMILES string of the molecule is COc1cccc(CNc2ncc(-c3ccc(-c4ccccc4)cc3)n2C)c1OC. The van der Waals surface area contributed by atoms with Crippen LogP contribution in [0.4, 0.5) is 5.95 Å². The van der Waals surface area contributed by atoms with Crippen LogP contribution in [0.1, 0.15) is 5.56 Å². The molecule has 1 aromatic heterocycles. The molecular formula is C25H25N3O2. The quantitative estimate of drug-likeness (QED) is 0.453. The molecule has 0 aliphatic carbocycles. The number of hydrogen-bond donors (Lipinski definition) is 1. The number of rotatable bonds is 7. The number of benzene rings is 3. The second-order valence-electron chi connectivity index (χ2n) is 6.98. The first-order valence-electron chi connectivity index (χ1n) is 9.82. The predicted molar refractivity (Wildman–Crippen MR) is 121 cm³/mol. The van der Waals surface area contributed by atoms with Crippen LogP contribution in [0.25, 0.3) is 22.4 Å². The molecule has 5 heteroatoms. The van der Waals surface area contributed by atoms with E-state index in [1.165, 1.54) is 11.1 Å². The lowest BCUT2D eigenvalue weighted by atomic mass is 10.0. The number of imidazole rings is 1. The van der Waals surface area contributed by atoms with E-state index in [0.717, 1.165) is 34.3 Å². The Balaban J connectivity index is 1.52. The van der Waals surface area contributed by atoms with Crippen molar-refractivity contribution in [3.63, 3.8) is 0 Å². The fraction of sp³-hybridized carbons (Fsp3) is 0.160. The van der Waals surface area contributed by atoms with Crippen LogP contribution in [0.15, 0.2) is 79.0 Å². The summed E-state index contributed by atoms with van der Waals surface area (Å²) in [5.41, 5.74) is 5.59. The fourth-order valence-corrected chi connectivity index (χ4v) is 3.57. The van der Waals surface area contributed by atoms with Crippen LogP contribution >= 0.6 is 0 Å². The molecule has 152 valence electrons. The van der Waals surface area contributed by atoms with Crippen molar-refractivity contribution in [3.8, 4) is 33.9 Å². The van der Waals surface area contributed by atoms with E-state index in [0.29, 0.717) is 6.54 Å². The van der Waals surface area contributed by atoms with Gasteiger partial charge in [0.25, 0.3) is 0 Å². The van der Waals surface area contributed by atoms with Gasteiger partial charge in [-0.25, -0.2) is 4.98 Å². The van der Waals surface area contributed by atoms with Crippen LogP contribution in [0.3, 0.4) is 0 Å². The minimum Gasteiger partial charge on any atom is -0.493 e. The van der Waals surface area contributed by atoms with Crippen molar-refractivity contribution < 1.29 is 9.47 Å². The van der Waals surface area contributed by atoms with Crippen LogP contribution in [0.2, 0.25) is 0 Å². The molecule has 1 heterocycles. The third kappa shape index (κ3) is 3.87. The van der Waals surface area contributed by atoms with E-state index in [-0.39, 0.29) is 0 Å². The summed E-state index contributed by atoms with van der Waals surface area (Å²) in [5.74, 6) is 2.25. The number of nitrogens with zero attached hydrogens (tertiary/aromatic N) is 2. The van der Waals surface area contributed by atoms with Crippen LogP contribution in [-0.2, 0) is 13.6 Å². The maximum absolute atomic E-state index is 5.52. The zero-order valence-corrected chi connectivity index (χ0v) is 17.4. The van der Waals surface area contributed by atoms with Gasteiger partial charge in [0.15, 0.2) is 11.5 Å². The zero-order chi connectivity index (χ0) is 20.9. The van der Waals surface area contributed by atoms with Crippen molar-refractivity contribution in [2.24, 2.45) is 7.05 Å². The molecule has 1 N–H and O–H groups in total. The van der Waals surface area contributed by atoms with Crippen molar-refractivity contribution in [1.82, 2.24) is 9.55 Å². The van der Waals surface area contributed by atoms with Gasteiger partial charge in [-0.15, -0.1) is 0 Å². The molecule has 3 aromatic carbocycles. The highest BCUT2D eigenvalue weighted by Gasteiger charge is 2.12. The van der Waals surface area contributed by atoms with Gasteiger partial charge in [0.2, 0.25) is 5.95 Å². The third-order valence-electron chi connectivity index (χ3n) is 5.20. The first kappa shape index (κ1) is 19.6. The van der Waals surface area contributed by atoms with Gasteiger partial charge in [0, 0.05) is 19.2 Å². The summed E-state index contributed by atoms with van der Waals surface area (Å²) >= 11 is 0. The number of para-hydroxylation sites is 1. The van der Waals surface area contributed by atoms with Crippen molar-refractivity contribution in [3.05, 3.63) is 84.6 Å². The monoisotopic (exact) mass is 399 g/mol. The predicted octanol–water partition coefficient (Wildman–Crippen LogP) is 5.38. The number of anilines is 1. The van der Waals surface area contributed by atoms with E-state index in [9.17, 15) is 0 Å². The molecule has 0 unspecified atom stereocenters. The molecule has 0 aliphatic rings. The lowest BCUT2D eigenvalue weighted by molar-refractivity contribution is 0.352. The molecule has 0 radical (unpaired) electrons. The topological polar surface area (TPSA) is 48.3 Å². The van der Waals surface area contributed by atoms with E-state index in [2.05, 4.69) is 63.4 Å². The number of nitrogens with one attached hydrogen (secondary N) is 1. The molecule has 0 amide bonds. The molecule has 0 saturated heterocycles. The summed E-state index contributed by atoms with van der Waals surface area (Å²) in [5, 5.41) is 3.40. The Labute approximate surface area is 176 Å². The van der Waals surface area contributed by atoms with Gasteiger partial charge in [-0.2, -0.15) is 0 Å². The Hall–Kier alpha value is -3.73. The number of aromatic nitrogens is 2. The molecule has 4 rings (SSSR count). The van der Waals surface area contributed by atoms with Crippen LogP contribution < -0.4 is 14.8 Å². The van der Waals surface area contributed by atoms with E-state index in [1.807, 2.05) is 37.5 Å². The van der Waals surface area contributed by atoms with Crippen molar-refractivity contribution >= 4 is 5.95 Å². The number of methoxy groups -OCH3 is 2. The largest absolute Gasteiger partial charge is 0.493 e. The lowest BCUT2D eigenvalue weighted by Gasteiger charge is -2.14. The highest BCUT2D eigenvalue weighted by atomic mass is 16.5. The Morgan fingerprint density at radius 1 is 0.800 bits per heavy atom. The Morgan fingerprint density at radius 2 is 1.50 bits per heavy atom. The summed E-state index contributed by atoms with van der Waals surface area (Å²) in [6.07, 6.45) is 1.89. The molecule has 0 aliphatic heterocycles. The average molecular weight is 399 g/mol. The highest BCUT2D eigenvalue weighted by molar-refractivity contribution is 5.69. The first-order chi connectivity index (χ1) is 14.7. The Morgan fingerprint density at radius 3 is 2.20 bits per heavy atom. The standard InChI is InChI=1S/C25H25N3O2/c1-28-22(20-14-12-19(13-15-20)18-8-5-4-6-9-18)17-27-25(28)26-16-21-10-7-11-23(29-2)24(21)30-3/h4-15,17H,16H2,1-3H3,(H,26,27). The first-order valence-corrected chi connectivity index (χ1v) is 9.82. The summed E-state index contributed by atoms with van der Waals surface area (Å²) in [7, 11) is 5.31. The normalized spacial score (nSPS) is 10.6. The van der Waals surface area contributed by atoms with Gasteiger partial charge in [0.05, 0.1) is 26.1 Å². The maximum atomic E-state index is 5.52. The second-order valence-corrected chi connectivity index (χ2v) is 6.98. The number of hydrogen-bond acceptors (Lipinski definition) is 4. The van der Waals surface area contributed by atoms with Crippen molar-refractivity contribution in [2.75, 3.05) is 19.5 Å². The average Bonchev–Trinajstić information content (AvgIpc) is 3.18. The Kier molecular flexibility index (Phi) is 5.70. The van der Waals surface area contributed by atoms with E-state index >= 15 is 0 Å². The van der Waals surface area contributed by atoms with Crippen molar-refractivity contribution in [2.45, 2.75) is 6.54 Å².